The molecular weight excluding hydrogens is 308 g/mol. The molecule has 0 aliphatic carbocycles. The monoisotopic (exact) mass is 324 g/mol. The molecule has 3 nitrogen and oxygen atoms in total. The number of hydrogen-bond donors (Lipinski definition) is 2. The molecule has 92 valence electrons. The van der Waals surface area contributed by atoms with Gasteiger partial charge in [0.2, 0.25) is 0 Å². The maximum absolute atomic E-state index is 9.26. The molecule has 2 unspecified atom stereocenters. The van der Waals surface area contributed by atoms with E-state index in [0.29, 0.717) is 0 Å². The summed E-state index contributed by atoms with van der Waals surface area (Å²) in [4.78, 5) is 4.31. The number of thioether (sulfide) groups is 1. The van der Waals surface area contributed by atoms with E-state index in [1.165, 1.54) is 0 Å². The van der Waals surface area contributed by atoms with Crippen molar-refractivity contribution in [1.82, 2.24) is 10.3 Å². The minimum atomic E-state index is 0.158. The molecule has 0 saturated heterocycles. The molecule has 0 bridgehead atoms. The molecule has 0 amide bonds. The third-order valence-corrected chi connectivity index (χ3v) is 4.55. The minimum absolute atomic E-state index is 0.158. The number of thiazole rings is 1. The quantitative estimate of drug-likeness (QED) is 0.809. The van der Waals surface area contributed by atoms with Crippen molar-refractivity contribution in [2.75, 3.05) is 18.6 Å². The lowest BCUT2D eigenvalue weighted by Gasteiger charge is -2.19. The summed E-state index contributed by atoms with van der Waals surface area (Å²) in [7, 11) is 0. The van der Waals surface area contributed by atoms with Crippen LogP contribution in [0.1, 0.15) is 24.4 Å². The molecule has 0 aliphatic rings. The van der Waals surface area contributed by atoms with Gasteiger partial charge in [-0.2, -0.15) is 11.8 Å². The summed E-state index contributed by atoms with van der Waals surface area (Å²) in [5, 5.41) is 13.7. The van der Waals surface area contributed by atoms with E-state index >= 15 is 0 Å². The first-order valence-corrected chi connectivity index (χ1v) is 8.14. The van der Waals surface area contributed by atoms with Crippen LogP contribution >= 0.6 is 39.0 Å². The van der Waals surface area contributed by atoms with Crippen molar-refractivity contribution in [3.63, 3.8) is 0 Å². The van der Waals surface area contributed by atoms with Crippen LogP contribution in [-0.2, 0) is 0 Å². The number of nitrogens with one attached hydrogen (secondary N) is 1. The summed E-state index contributed by atoms with van der Waals surface area (Å²) >= 11 is 6.83. The van der Waals surface area contributed by atoms with E-state index in [1.54, 1.807) is 23.1 Å². The summed E-state index contributed by atoms with van der Waals surface area (Å²) in [5.41, 5.74) is 0. The SMILES string of the molecule is CSCCC(CO)NC(C)c1ncc(Br)s1. The van der Waals surface area contributed by atoms with Crippen LogP contribution in [0.25, 0.3) is 0 Å². The van der Waals surface area contributed by atoms with Gasteiger partial charge in [0.05, 0.1) is 22.6 Å². The first-order valence-electron chi connectivity index (χ1n) is 5.14. The number of aliphatic hydroxyl groups is 1. The van der Waals surface area contributed by atoms with Crippen LogP contribution in [0.2, 0.25) is 0 Å². The van der Waals surface area contributed by atoms with Crippen molar-refractivity contribution >= 4 is 39.0 Å². The molecule has 6 heteroatoms. The Balaban J connectivity index is 2.45. The maximum atomic E-state index is 9.26. The fourth-order valence-electron chi connectivity index (χ4n) is 1.38. The van der Waals surface area contributed by atoms with Gasteiger partial charge < -0.3 is 10.4 Å². The van der Waals surface area contributed by atoms with Crippen LogP contribution in [-0.4, -0.2) is 34.7 Å². The number of aromatic nitrogens is 1. The highest BCUT2D eigenvalue weighted by molar-refractivity contribution is 9.11. The molecule has 0 aromatic carbocycles. The topological polar surface area (TPSA) is 45.1 Å². The molecule has 1 rings (SSSR count). The second-order valence-electron chi connectivity index (χ2n) is 3.55. The number of hydrogen-bond acceptors (Lipinski definition) is 5. The van der Waals surface area contributed by atoms with Gasteiger partial charge in [-0.15, -0.1) is 11.3 Å². The van der Waals surface area contributed by atoms with Gasteiger partial charge in [-0.3, -0.25) is 0 Å². The van der Waals surface area contributed by atoms with Crippen molar-refractivity contribution in [3.05, 3.63) is 15.0 Å². The molecule has 1 aromatic rings. The molecule has 16 heavy (non-hydrogen) atoms. The normalized spacial score (nSPS) is 15.0. The highest BCUT2D eigenvalue weighted by Gasteiger charge is 2.14. The largest absolute Gasteiger partial charge is 0.395 e. The zero-order chi connectivity index (χ0) is 12.0. The van der Waals surface area contributed by atoms with E-state index in [4.69, 9.17) is 0 Å². The summed E-state index contributed by atoms with van der Waals surface area (Å²) in [6.07, 6.45) is 4.87. The average Bonchev–Trinajstić information content (AvgIpc) is 2.70. The van der Waals surface area contributed by atoms with Crippen molar-refractivity contribution in [1.29, 1.82) is 0 Å². The molecule has 0 aliphatic heterocycles. The summed E-state index contributed by atoms with van der Waals surface area (Å²) < 4.78 is 1.04. The lowest BCUT2D eigenvalue weighted by atomic mass is 10.2. The van der Waals surface area contributed by atoms with Crippen molar-refractivity contribution in [3.8, 4) is 0 Å². The van der Waals surface area contributed by atoms with E-state index in [0.717, 1.165) is 21.0 Å². The Labute approximate surface area is 113 Å². The third kappa shape index (κ3) is 4.71. The predicted octanol–water partition coefficient (Wildman–Crippen LogP) is 2.67. The van der Waals surface area contributed by atoms with Crippen LogP contribution in [0.4, 0.5) is 0 Å². The zero-order valence-corrected chi connectivity index (χ0v) is 12.7. The Bertz CT molecular complexity index is 309. The van der Waals surface area contributed by atoms with Crippen molar-refractivity contribution < 1.29 is 5.11 Å². The fourth-order valence-corrected chi connectivity index (χ4v) is 3.16. The van der Waals surface area contributed by atoms with Gasteiger partial charge in [-0.1, -0.05) is 0 Å². The van der Waals surface area contributed by atoms with Gasteiger partial charge >= 0.3 is 0 Å². The summed E-state index contributed by atoms with van der Waals surface area (Å²) in [6, 6.07) is 0.348. The Morgan fingerprint density at radius 1 is 1.69 bits per heavy atom. The molecule has 1 heterocycles. The van der Waals surface area contributed by atoms with Crippen molar-refractivity contribution in [2.45, 2.75) is 25.4 Å². The van der Waals surface area contributed by atoms with E-state index < -0.39 is 0 Å². The van der Waals surface area contributed by atoms with E-state index in [2.05, 4.69) is 39.4 Å². The first-order chi connectivity index (χ1) is 7.67. The highest BCUT2D eigenvalue weighted by atomic mass is 79.9. The number of halogens is 1. The molecule has 0 spiro atoms. The highest BCUT2D eigenvalue weighted by Crippen LogP contribution is 2.24. The smallest absolute Gasteiger partial charge is 0.110 e. The molecule has 0 fully saturated rings. The lowest BCUT2D eigenvalue weighted by Crippen LogP contribution is -2.35. The number of aliphatic hydroxyl groups excluding tert-OH is 1. The van der Waals surface area contributed by atoms with Gasteiger partial charge in [0, 0.05) is 6.04 Å². The Hall–Kier alpha value is 0.380. The van der Waals surface area contributed by atoms with Crippen LogP contribution < -0.4 is 5.32 Å². The minimum Gasteiger partial charge on any atom is -0.395 e. The average molecular weight is 325 g/mol. The second kappa shape index (κ2) is 7.66. The second-order valence-corrected chi connectivity index (χ2v) is 6.98. The van der Waals surface area contributed by atoms with Crippen LogP contribution in [0.5, 0.6) is 0 Å². The molecule has 0 saturated carbocycles. The summed E-state index contributed by atoms with van der Waals surface area (Å²) in [5.74, 6) is 1.06. The van der Waals surface area contributed by atoms with Crippen molar-refractivity contribution in [2.24, 2.45) is 0 Å². The standard InChI is InChI=1S/C10H17BrN2OS2/c1-7(10-12-5-9(11)16-10)13-8(6-14)3-4-15-2/h5,7-8,13-14H,3-4,6H2,1-2H3. The molecule has 0 radical (unpaired) electrons. The lowest BCUT2D eigenvalue weighted by molar-refractivity contribution is 0.231. The van der Waals surface area contributed by atoms with E-state index in [9.17, 15) is 5.11 Å². The van der Waals surface area contributed by atoms with Gasteiger partial charge in [0.15, 0.2) is 0 Å². The van der Waals surface area contributed by atoms with Gasteiger partial charge in [-0.25, -0.2) is 4.98 Å². The number of nitrogens with zero attached hydrogens (tertiary/aromatic N) is 1. The third-order valence-electron chi connectivity index (χ3n) is 2.24. The fraction of sp³-hybridized carbons (Fsp3) is 0.700. The molecule has 2 atom stereocenters. The predicted molar refractivity (Wildman–Crippen MR) is 75.2 cm³/mol. The first kappa shape index (κ1) is 14.4. The van der Waals surface area contributed by atoms with Gasteiger partial charge in [-0.05, 0) is 41.3 Å². The summed E-state index contributed by atoms with van der Waals surface area (Å²) in [6.45, 7) is 2.25. The Morgan fingerprint density at radius 2 is 2.44 bits per heavy atom. The Morgan fingerprint density at radius 3 is 2.94 bits per heavy atom. The molecule has 1 aromatic heterocycles. The number of rotatable bonds is 7. The van der Waals surface area contributed by atoms with Crippen LogP contribution in [0.15, 0.2) is 9.98 Å². The Kier molecular flexibility index (Phi) is 6.91. The van der Waals surface area contributed by atoms with Crippen LogP contribution in [0.3, 0.4) is 0 Å². The molecule has 2 N–H and O–H groups in total. The molecular formula is C10H17BrN2OS2. The maximum Gasteiger partial charge on any atom is 0.110 e. The van der Waals surface area contributed by atoms with Gasteiger partial charge in [0.25, 0.3) is 0 Å². The zero-order valence-electron chi connectivity index (χ0n) is 9.44. The van der Waals surface area contributed by atoms with E-state index in [1.807, 2.05) is 6.20 Å². The van der Waals surface area contributed by atoms with Gasteiger partial charge in [0.1, 0.15) is 5.01 Å². The van der Waals surface area contributed by atoms with E-state index in [-0.39, 0.29) is 18.7 Å². The van der Waals surface area contributed by atoms with Crippen LogP contribution in [0, 0.1) is 0 Å².